The number of amides is 1. The molecule has 0 radical (unpaired) electrons. The highest BCUT2D eigenvalue weighted by Gasteiger charge is 2.19. The van der Waals surface area contributed by atoms with Crippen LogP contribution >= 0.6 is 0 Å². The second kappa shape index (κ2) is 5.01. The number of fused-ring (bicyclic) bond motifs is 1. The highest BCUT2D eigenvalue weighted by Crippen LogP contribution is 2.16. The maximum Gasteiger partial charge on any atom is 0.276 e. The Kier molecular flexibility index (Phi) is 3.17. The van der Waals surface area contributed by atoms with E-state index in [1.54, 1.807) is 18.9 Å². The highest BCUT2D eigenvalue weighted by atomic mass is 16.2. The van der Waals surface area contributed by atoms with Crippen LogP contribution in [0.15, 0.2) is 18.2 Å². The first kappa shape index (κ1) is 13.3. The van der Waals surface area contributed by atoms with Crippen LogP contribution in [0.2, 0.25) is 0 Å². The normalized spacial score (nSPS) is 11.0. The number of carbonyl (C=O) groups is 1. The van der Waals surface area contributed by atoms with Crippen LogP contribution in [0.25, 0.3) is 11.0 Å². The summed E-state index contributed by atoms with van der Waals surface area (Å²) in [7, 11) is 1.72. The number of aromatic nitrogens is 5. The Morgan fingerprint density at radius 2 is 2.10 bits per heavy atom. The van der Waals surface area contributed by atoms with Crippen LogP contribution in [-0.2, 0) is 6.54 Å². The molecule has 21 heavy (non-hydrogen) atoms. The maximum absolute atomic E-state index is 12.3. The number of carbonyl (C=O) groups excluding carboxylic acids is 1. The third kappa shape index (κ3) is 2.37. The molecule has 0 atom stereocenters. The van der Waals surface area contributed by atoms with Crippen molar-refractivity contribution in [2.24, 2.45) is 0 Å². The van der Waals surface area contributed by atoms with Crippen LogP contribution in [0.1, 0.15) is 27.6 Å². The molecule has 0 aliphatic heterocycles. The van der Waals surface area contributed by atoms with E-state index in [-0.39, 0.29) is 5.91 Å². The molecule has 2 N–H and O–H groups in total. The largest absolute Gasteiger partial charge is 0.340 e. The quantitative estimate of drug-likeness (QED) is 0.763. The fourth-order valence-electron chi connectivity index (χ4n) is 2.27. The molecule has 0 spiro atoms. The van der Waals surface area contributed by atoms with Gasteiger partial charge in [0.05, 0.1) is 23.3 Å². The minimum Gasteiger partial charge on any atom is -0.340 e. The van der Waals surface area contributed by atoms with Crippen LogP contribution in [0.4, 0.5) is 0 Å². The Balaban J connectivity index is 1.83. The summed E-state index contributed by atoms with van der Waals surface area (Å²) in [5.41, 5.74) is 3.95. The van der Waals surface area contributed by atoms with Crippen molar-refractivity contribution in [3.63, 3.8) is 0 Å². The third-order valence-corrected chi connectivity index (χ3v) is 3.42. The third-order valence-electron chi connectivity index (χ3n) is 3.42. The molecule has 0 saturated carbocycles. The van der Waals surface area contributed by atoms with Gasteiger partial charge in [0.15, 0.2) is 5.69 Å². The van der Waals surface area contributed by atoms with E-state index < -0.39 is 0 Å². The maximum atomic E-state index is 12.3. The van der Waals surface area contributed by atoms with Gasteiger partial charge in [-0.3, -0.25) is 4.79 Å². The Hall–Kier alpha value is -2.70. The van der Waals surface area contributed by atoms with Crippen molar-refractivity contribution in [2.45, 2.75) is 20.4 Å². The van der Waals surface area contributed by atoms with Gasteiger partial charge < -0.3 is 9.88 Å². The van der Waals surface area contributed by atoms with Gasteiger partial charge in [0.2, 0.25) is 0 Å². The van der Waals surface area contributed by atoms with Crippen molar-refractivity contribution in [3.8, 4) is 0 Å². The molecule has 0 unspecified atom stereocenters. The summed E-state index contributed by atoms with van der Waals surface area (Å²) in [5.74, 6) is 0.565. The average molecular weight is 284 g/mol. The molecular weight excluding hydrogens is 268 g/mol. The van der Waals surface area contributed by atoms with Crippen molar-refractivity contribution in [2.75, 3.05) is 7.05 Å². The number of para-hydroxylation sites is 1. The van der Waals surface area contributed by atoms with Crippen molar-refractivity contribution < 1.29 is 4.79 Å². The number of aryl methyl sites for hydroxylation is 2. The Labute approximate surface area is 121 Å². The zero-order chi connectivity index (χ0) is 15.0. The SMILES string of the molecule is Cc1n[nH]nc1C(=O)N(C)Cc1nc2c(C)cccc2[nH]1. The predicted molar refractivity (Wildman–Crippen MR) is 77.7 cm³/mol. The second-order valence-corrected chi connectivity index (χ2v) is 5.07. The first-order valence-electron chi connectivity index (χ1n) is 6.63. The zero-order valence-electron chi connectivity index (χ0n) is 12.1. The number of rotatable bonds is 3. The van der Waals surface area contributed by atoms with Gasteiger partial charge in [-0.2, -0.15) is 15.4 Å². The summed E-state index contributed by atoms with van der Waals surface area (Å²) >= 11 is 0. The summed E-state index contributed by atoms with van der Waals surface area (Å²) in [6, 6.07) is 5.97. The summed E-state index contributed by atoms with van der Waals surface area (Å²) < 4.78 is 0. The average Bonchev–Trinajstić information content (AvgIpc) is 3.04. The van der Waals surface area contributed by atoms with E-state index in [2.05, 4.69) is 25.4 Å². The van der Waals surface area contributed by atoms with Crippen LogP contribution in [-0.4, -0.2) is 43.2 Å². The molecule has 3 aromatic rings. The van der Waals surface area contributed by atoms with Crippen molar-refractivity contribution in [3.05, 3.63) is 41.0 Å². The minimum absolute atomic E-state index is 0.182. The molecule has 0 fully saturated rings. The van der Waals surface area contributed by atoms with Crippen LogP contribution in [0, 0.1) is 13.8 Å². The molecule has 108 valence electrons. The summed E-state index contributed by atoms with van der Waals surface area (Å²) in [5, 5.41) is 10.2. The lowest BCUT2D eigenvalue weighted by molar-refractivity contribution is 0.0775. The Bertz CT molecular complexity index is 803. The van der Waals surface area contributed by atoms with E-state index in [9.17, 15) is 4.79 Å². The molecule has 7 heteroatoms. The summed E-state index contributed by atoms with van der Waals surface area (Å²) in [6.45, 7) is 4.15. The number of nitrogens with zero attached hydrogens (tertiary/aromatic N) is 4. The topological polar surface area (TPSA) is 90.6 Å². The first-order chi connectivity index (χ1) is 10.1. The molecule has 2 heterocycles. The van der Waals surface area contributed by atoms with E-state index in [0.29, 0.717) is 17.9 Å². The molecule has 1 aromatic carbocycles. The lowest BCUT2D eigenvalue weighted by Gasteiger charge is -2.14. The number of aromatic amines is 2. The van der Waals surface area contributed by atoms with E-state index in [1.807, 2.05) is 25.1 Å². The number of hydrogen-bond donors (Lipinski definition) is 2. The lowest BCUT2D eigenvalue weighted by Crippen LogP contribution is -2.27. The summed E-state index contributed by atoms with van der Waals surface area (Å²) in [4.78, 5) is 21.6. The van der Waals surface area contributed by atoms with Gasteiger partial charge in [0.25, 0.3) is 5.91 Å². The van der Waals surface area contributed by atoms with E-state index in [4.69, 9.17) is 0 Å². The van der Waals surface area contributed by atoms with Crippen molar-refractivity contribution >= 4 is 16.9 Å². The lowest BCUT2D eigenvalue weighted by atomic mass is 10.2. The fourth-order valence-corrected chi connectivity index (χ4v) is 2.27. The zero-order valence-corrected chi connectivity index (χ0v) is 12.1. The number of benzene rings is 1. The molecule has 0 aliphatic carbocycles. The molecule has 0 aliphatic rings. The van der Waals surface area contributed by atoms with E-state index in [0.717, 1.165) is 22.4 Å². The van der Waals surface area contributed by atoms with Crippen LogP contribution in [0.5, 0.6) is 0 Å². The van der Waals surface area contributed by atoms with E-state index in [1.165, 1.54) is 0 Å². The van der Waals surface area contributed by atoms with Gasteiger partial charge in [0, 0.05) is 7.05 Å². The molecule has 2 aromatic heterocycles. The van der Waals surface area contributed by atoms with Gasteiger partial charge >= 0.3 is 0 Å². The number of H-pyrrole nitrogens is 2. The summed E-state index contributed by atoms with van der Waals surface area (Å²) in [6.07, 6.45) is 0. The van der Waals surface area contributed by atoms with E-state index >= 15 is 0 Å². The first-order valence-corrected chi connectivity index (χ1v) is 6.63. The van der Waals surface area contributed by atoms with Gasteiger partial charge in [-0.1, -0.05) is 12.1 Å². The highest BCUT2D eigenvalue weighted by molar-refractivity contribution is 5.92. The number of nitrogens with one attached hydrogen (secondary N) is 2. The number of imidazole rings is 1. The Morgan fingerprint density at radius 3 is 2.76 bits per heavy atom. The monoisotopic (exact) mass is 284 g/mol. The molecule has 3 rings (SSSR count). The van der Waals surface area contributed by atoms with Gasteiger partial charge in [0.1, 0.15) is 5.82 Å². The van der Waals surface area contributed by atoms with Gasteiger partial charge in [-0.05, 0) is 25.5 Å². The van der Waals surface area contributed by atoms with Crippen LogP contribution in [0.3, 0.4) is 0 Å². The minimum atomic E-state index is -0.182. The standard InChI is InChI=1S/C14H16N6O/c1-8-5-4-6-10-12(8)16-11(15-10)7-20(3)14(21)13-9(2)17-19-18-13/h4-6H,7H2,1-3H3,(H,15,16)(H,17,18,19). The smallest absolute Gasteiger partial charge is 0.276 e. The second-order valence-electron chi connectivity index (χ2n) is 5.07. The van der Waals surface area contributed by atoms with Gasteiger partial charge in [-0.25, -0.2) is 4.98 Å². The molecular formula is C14H16N6O. The molecule has 0 saturated heterocycles. The Morgan fingerprint density at radius 1 is 1.29 bits per heavy atom. The molecule has 1 amide bonds. The van der Waals surface area contributed by atoms with Gasteiger partial charge in [-0.15, -0.1) is 0 Å². The predicted octanol–water partition coefficient (Wildman–Crippen LogP) is 1.57. The molecule has 0 bridgehead atoms. The van der Waals surface area contributed by atoms with Crippen LogP contribution < -0.4 is 0 Å². The number of hydrogen-bond acceptors (Lipinski definition) is 4. The van der Waals surface area contributed by atoms with Crippen molar-refractivity contribution in [1.82, 2.24) is 30.3 Å². The fraction of sp³-hybridized carbons (Fsp3) is 0.286. The van der Waals surface area contributed by atoms with Crippen molar-refractivity contribution in [1.29, 1.82) is 0 Å². The molecule has 7 nitrogen and oxygen atoms in total.